The molecule has 0 aliphatic heterocycles. The molecule has 0 aliphatic rings. The molecule has 1 N–H and O–H groups in total. The summed E-state index contributed by atoms with van der Waals surface area (Å²) in [6, 6.07) is 5.88. The second kappa shape index (κ2) is 6.35. The predicted octanol–water partition coefficient (Wildman–Crippen LogP) is 4.80. The van der Waals surface area contributed by atoms with E-state index in [4.69, 9.17) is 11.6 Å². The molecule has 0 radical (unpaired) electrons. The second-order valence-electron chi connectivity index (χ2n) is 4.69. The number of anilines is 1. The number of rotatable bonds is 5. The number of hydrogen-bond acceptors (Lipinski definition) is 4. The molecule has 0 atom stereocenters. The Bertz CT molecular complexity index is 551. The molecule has 3 nitrogen and oxygen atoms in total. The van der Waals surface area contributed by atoms with Gasteiger partial charge >= 0.3 is 0 Å². The second-order valence-corrected chi connectivity index (χ2v) is 6.40. The fourth-order valence-electron chi connectivity index (χ4n) is 1.65. The topological polar surface area (TPSA) is 37.8 Å². The SMILES string of the molecule is CCCNc1cc(C(C)C)nc(-c2ccc(Cl)s2)n1. The number of nitrogens with one attached hydrogen (secondary N) is 1. The average Bonchev–Trinajstić information content (AvgIpc) is 2.82. The third-order valence-electron chi connectivity index (χ3n) is 2.69. The molecule has 0 aliphatic carbocycles. The van der Waals surface area contributed by atoms with Crippen LogP contribution in [0.5, 0.6) is 0 Å². The van der Waals surface area contributed by atoms with Crippen molar-refractivity contribution >= 4 is 28.8 Å². The summed E-state index contributed by atoms with van der Waals surface area (Å²) >= 11 is 7.49. The van der Waals surface area contributed by atoms with Crippen LogP contribution in [0.4, 0.5) is 5.82 Å². The molecule has 2 aromatic rings. The van der Waals surface area contributed by atoms with Crippen LogP contribution >= 0.6 is 22.9 Å². The molecule has 0 fully saturated rings. The fourth-order valence-corrected chi connectivity index (χ4v) is 2.63. The minimum absolute atomic E-state index is 0.374. The largest absolute Gasteiger partial charge is 0.370 e. The Hall–Kier alpha value is -1.13. The monoisotopic (exact) mass is 295 g/mol. The van der Waals surface area contributed by atoms with Crippen LogP contribution in [-0.4, -0.2) is 16.5 Å². The minimum atomic E-state index is 0.374. The molecule has 5 heteroatoms. The van der Waals surface area contributed by atoms with Crippen molar-refractivity contribution in [3.8, 4) is 10.7 Å². The Labute approximate surface area is 123 Å². The molecular weight excluding hydrogens is 278 g/mol. The van der Waals surface area contributed by atoms with Gasteiger partial charge in [-0.15, -0.1) is 11.3 Å². The maximum absolute atomic E-state index is 5.98. The molecule has 0 saturated heterocycles. The molecule has 0 amide bonds. The first-order chi connectivity index (χ1) is 9.10. The number of hydrogen-bond donors (Lipinski definition) is 1. The van der Waals surface area contributed by atoms with Gasteiger partial charge in [-0.2, -0.15) is 0 Å². The standard InChI is InChI=1S/C14H18ClN3S/c1-4-7-16-13-8-10(9(2)3)17-14(18-13)11-5-6-12(15)19-11/h5-6,8-9H,4,7H2,1-3H3,(H,16,17,18). The lowest BCUT2D eigenvalue weighted by Crippen LogP contribution is -2.06. The van der Waals surface area contributed by atoms with Gasteiger partial charge in [-0.25, -0.2) is 9.97 Å². The van der Waals surface area contributed by atoms with Crippen LogP contribution in [0.25, 0.3) is 10.7 Å². The van der Waals surface area contributed by atoms with Crippen LogP contribution < -0.4 is 5.32 Å². The van der Waals surface area contributed by atoms with Crippen molar-refractivity contribution in [2.45, 2.75) is 33.1 Å². The highest BCUT2D eigenvalue weighted by molar-refractivity contribution is 7.19. The lowest BCUT2D eigenvalue weighted by Gasteiger charge is -2.10. The van der Waals surface area contributed by atoms with Gasteiger partial charge in [0, 0.05) is 18.3 Å². The summed E-state index contributed by atoms with van der Waals surface area (Å²) in [6.45, 7) is 7.32. The third kappa shape index (κ3) is 3.67. The van der Waals surface area contributed by atoms with E-state index in [0.29, 0.717) is 5.92 Å². The Morgan fingerprint density at radius 3 is 2.68 bits per heavy atom. The molecular formula is C14H18ClN3S. The van der Waals surface area contributed by atoms with E-state index in [1.807, 2.05) is 18.2 Å². The van der Waals surface area contributed by atoms with Gasteiger partial charge in [-0.3, -0.25) is 0 Å². The van der Waals surface area contributed by atoms with Crippen molar-refractivity contribution in [1.82, 2.24) is 9.97 Å². The van der Waals surface area contributed by atoms with Gasteiger partial charge in [0.25, 0.3) is 0 Å². The van der Waals surface area contributed by atoms with Gasteiger partial charge in [0.1, 0.15) is 5.82 Å². The van der Waals surface area contributed by atoms with Crippen molar-refractivity contribution in [2.75, 3.05) is 11.9 Å². The lowest BCUT2D eigenvalue weighted by atomic mass is 10.1. The van der Waals surface area contributed by atoms with E-state index < -0.39 is 0 Å². The zero-order valence-corrected chi connectivity index (χ0v) is 13.0. The van der Waals surface area contributed by atoms with Gasteiger partial charge in [0.2, 0.25) is 0 Å². The summed E-state index contributed by atoms with van der Waals surface area (Å²) < 4.78 is 0.761. The molecule has 2 aromatic heterocycles. The maximum Gasteiger partial charge on any atom is 0.171 e. The van der Waals surface area contributed by atoms with E-state index in [1.54, 1.807) is 0 Å². The van der Waals surface area contributed by atoms with Crippen LogP contribution in [-0.2, 0) is 0 Å². The first kappa shape index (κ1) is 14.3. The van der Waals surface area contributed by atoms with E-state index >= 15 is 0 Å². The molecule has 0 saturated carbocycles. The van der Waals surface area contributed by atoms with E-state index in [-0.39, 0.29) is 0 Å². The Morgan fingerprint density at radius 1 is 1.32 bits per heavy atom. The molecule has 0 unspecified atom stereocenters. The summed E-state index contributed by atoms with van der Waals surface area (Å²) in [6.07, 6.45) is 1.07. The quantitative estimate of drug-likeness (QED) is 0.860. The number of halogens is 1. The van der Waals surface area contributed by atoms with Crippen LogP contribution in [0.2, 0.25) is 4.34 Å². The molecule has 19 heavy (non-hydrogen) atoms. The predicted molar refractivity (Wildman–Crippen MR) is 83.2 cm³/mol. The Balaban J connectivity index is 2.39. The number of thiophene rings is 1. The molecule has 0 bridgehead atoms. The first-order valence-corrected chi connectivity index (χ1v) is 7.68. The zero-order valence-electron chi connectivity index (χ0n) is 11.4. The van der Waals surface area contributed by atoms with Crippen LogP contribution in [0, 0.1) is 0 Å². The summed E-state index contributed by atoms with van der Waals surface area (Å²) in [5.74, 6) is 2.01. The molecule has 2 rings (SSSR count). The van der Waals surface area contributed by atoms with E-state index in [0.717, 1.165) is 39.5 Å². The summed E-state index contributed by atoms with van der Waals surface area (Å²) in [5.41, 5.74) is 1.05. The molecule has 2 heterocycles. The smallest absolute Gasteiger partial charge is 0.171 e. The van der Waals surface area contributed by atoms with Crippen molar-refractivity contribution in [2.24, 2.45) is 0 Å². The fraction of sp³-hybridized carbons (Fsp3) is 0.429. The van der Waals surface area contributed by atoms with Crippen LogP contribution in [0.3, 0.4) is 0 Å². The molecule has 0 spiro atoms. The van der Waals surface area contributed by atoms with Gasteiger partial charge in [0.15, 0.2) is 5.82 Å². The van der Waals surface area contributed by atoms with E-state index in [9.17, 15) is 0 Å². The van der Waals surface area contributed by atoms with Crippen LogP contribution in [0.15, 0.2) is 18.2 Å². The van der Waals surface area contributed by atoms with Gasteiger partial charge in [-0.05, 0) is 24.5 Å². The average molecular weight is 296 g/mol. The van der Waals surface area contributed by atoms with Crippen LogP contribution in [0.1, 0.15) is 38.8 Å². The lowest BCUT2D eigenvalue weighted by molar-refractivity contribution is 0.816. The Morgan fingerprint density at radius 2 is 2.11 bits per heavy atom. The minimum Gasteiger partial charge on any atom is -0.370 e. The van der Waals surface area contributed by atoms with Crippen molar-refractivity contribution in [1.29, 1.82) is 0 Å². The van der Waals surface area contributed by atoms with Gasteiger partial charge < -0.3 is 5.32 Å². The third-order valence-corrected chi connectivity index (χ3v) is 3.91. The van der Waals surface area contributed by atoms with E-state index in [1.165, 1.54) is 11.3 Å². The highest BCUT2D eigenvalue weighted by atomic mass is 35.5. The molecule has 0 aromatic carbocycles. The number of nitrogens with zero attached hydrogens (tertiary/aromatic N) is 2. The highest BCUT2D eigenvalue weighted by Gasteiger charge is 2.11. The van der Waals surface area contributed by atoms with Gasteiger partial charge in [-0.1, -0.05) is 32.4 Å². The summed E-state index contributed by atoms with van der Waals surface area (Å²) in [7, 11) is 0. The number of aromatic nitrogens is 2. The van der Waals surface area contributed by atoms with E-state index in [2.05, 4.69) is 36.1 Å². The van der Waals surface area contributed by atoms with Gasteiger partial charge in [0.05, 0.1) is 9.21 Å². The highest BCUT2D eigenvalue weighted by Crippen LogP contribution is 2.30. The maximum atomic E-state index is 5.98. The zero-order chi connectivity index (χ0) is 13.8. The van der Waals surface area contributed by atoms with Crippen molar-refractivity contribution in [3.63, 3.8) is 0 Å². The molecule has 102 valence electrons. The summed E-state index contributed by atoms with van der Waals surface area (Å²) in [4.78, 5) is 10.2. The summed E-state index contributed by atoms with van der Waals surface area (Å²) in [5, 5.41) is 3.33. The van der Waals surface area contributed by atoms with Crippen molar-refractivity contribution in [3.05, 3.63) is 28.2 Å². The Kier molecular flexibility index (Phi) is 4.77. The first-order valence-electron chi connectivity index (χ1n) is 6.48. The normalized spacial score (nSPS) is 11.0. The van der Waals surface area contributed by atoms with Crippen molar-refractivity contribution < 1.29 is 0 Å².